The highest BCUT2D eigenvalue weighted by Gasteiger charge is 2.44. The summed E-state index contributed by atoms with van der Waals surface area (Å²) in [6.45, 7) is 0. The summed E-state index contributed by atoms with van der Waals surface area (Å²) in [5.41, 5.74) is -0.261. The molecule has 1 fully saturated rings. The van der Waals surface area contributed by atoms with Gasteiger partial charge in [-0.15, -0.1) is 0 Å². The quantitative estimate of drug-likeness (QED) is 0.848. The molecular weight excluding hydrogens is 221 g/mol. The number of carbonyl (C=O) groups is 1. The van der Waals surface area contributed by atoms with Crippen LogP contribution >= 0.6 is 0 Å². The average Bonchev–Trinajstić information content (AvgIpc) is 2.96. The van der Waals surface area contributed by atoms with Crippen LogP contribution in [0.4, 0.5) is 13.2 Å². The molecule has 2 nitrogen and oxygen atoms in total. The highest BCUT2D eigenvalue weighted by Crippen LogP contribution is 2.48. The minimum Gasteiger partial charge on any atom is -0.481 e. The monoisotopic (exact) mass is 230 g/mol. The highest BCUT2D eigenvalue weighted by atomic mass is 19.4. The highest BCUT2D eigenvalue weighted by molar-refractivity contribution is 5.75. The first-order valence-corrected chi connectivity index (χ1v) is 4.79. The summed E-state index contributed by atoms with van der Waals surface area (Å²) in [5, 5.41) is 8.69. The van der Waals surface area contributed by atoms with Gasteiger partial charge in [-0.05, 0) is 24.0 Å². The molecule has 1 aliphatic carbocycles. The van der Waals surface area contributed by atoms with E-state index in [0.29, 0.717) is 12.0 Å². The molecule has 1 aromatic carbocycles. The SMILES string of the molecule is O=C(O)[C@H]1C[C@@H]1c1cccc(C(F)(F)F)c1. The zero-order valence-corrected chi connectivity index (χ0v) is 8.16. The summed E-state index contributed by atoms with van der Waals surface area (Å²) in [7, 11) is 0. The zero-order chi connectivity index (χ0) is 11.9. The third-order valence-electron chi connectivity index (χ3n) is 2.75. The van der Waals surface area contributed by atoms with Gasteiger partial charge in [0, 0.05) is 0 Å². The van der Waals surface area contributed by atoms with E-state index in [9.17, 15) is 18.0 Å². The predicted octanol–water partition coefficient (Wildman–Crippen LogP) is 2.89. The van der Waals surface area contributed by atoms with Crippen LogP contribution in [0.15, 0.2) is 24.3 Å². The van der Waals surface area contributed by atoms with Gasteiger partial charge in [-0.2, -0.15) is 13.2 Å². The van der Waals surface area contributed by atoms with Gasteiger partial charge in [0.1, 0.15) is 0 Å². The third kappa shape index (κ3) is 2.03. The molecule has 0 saturated heterocycles. The topological polar surface area (TPSA) is 37.3 Å². The van der Waals surface area contributed by atoms with Crippen molar-refractivity contribution in [2.24, 2.45) is 5.92 Å². The van der Waals surface area contributed by atoms with Crippen molar-refractivity contribution in [2.75, 3.05) is 0 Å². The van der Waals surface area contributed by atoms with Crippen LogP contribution < -0.4 is 0 Å². The Bertz CT molecular complexity index is 425. The Morgan fingerprint density at radius 2 is 2.06 bits per heavy atom. The van der Waals surface area contributed by atoms with Crippen molar-refractivity contribution < 1.29 is 23.1 Å². The Morgan fingerprint density at radius 1 is 1.38 bits per heavy atom. The van der Waals surface area contributed by atoms with E-state index in [0.717, 1.165) is 12.1 Å². The maximum Gasteiger partial charge on any atom is 0.416 e. The normalized spacial score (nSPS) is 24.2. The molecule has 0 aromatic heterocycles. The number of benzene rings is 1. The van der Waals surface area contributed by atoms with Gasteiger partial charge in [0.05, 0.1) is 11.5 Å². The van der Waals surface area contributed by atoms with Crippen LogP contribution in [0.1, 0.15) is 23.5 Å². The van der Waals surface area contributed by atoms with E-state index in [2.05, 4.69) is 0 Å². The van der Waals surface area contributed by atoms with Crippen LogP contribution in [0.25, 0.3) is 0 Å². The minimum absolute atomic E-state index is 0.264. The van der Waals surface area contributed by atoms with Crippen molar-refractivity contribution in [3.8, 4) is 0 Å². The molecule has 2 atom stereocenters. The molecule has 1 aromatic rings. The summed E-state index contributed by atoms with van der Waals surface area (Å²) in [6.07, 6.45) is -3.94. The molecule has 16 heavy (non-hydrogen) atoms. The van der Waals surface area contributed by atoms with Crippen molar-refractivity contribution in [1.82, 2.24) is 0 Å². The second-order valence-electron chi connectivity index (χ2n) is 3.91. The van der Waals surface area contributed by atoms with Crippen LogP contribution in [-0.4, -0.2) is 11.1 Å². The molecule has 1 N–H and O–H groups in total. The van der Waals surface area contributed by atoms with Gasteiger partial charge in [-0.3, -0.25) is 4.79 Å². The van der Waals surface area contributed by atoms with Crippen LogP contribution in [0.3, 0.4) is 0 Å². The van der Waals surface area contributed by atoms with Crippen LogP contribution in [0, 0.1) is 5.92 Å². The van der Waals surface area contributed by atoms with Crippen molar-refractivity contribution in [3.05, 3.63) is 35.4 Å². The standard InChI is InChI=1S/C11H9F3O2/c12-11(13,14)7-3-1-2-6(4-7)8-5-9(8)10(15)16/h1-4,8-9H,5H2,(H,15,16)/t8-,9+/m1/s1. The van der Waals surface area contributed by atoms with Crippen LogP contribution in [-0.2, 0) is 11.0 Å². The number of halogens is 3. The van der Waals surface area contributed by atoms with E-state index in [1.807, 2.05) is 0 Å². The van der Waals surface area contributed by atoms with Gasteiger partial charge in [-0.25, -0.2) is 0 Å². The molecule has 0 heterocycles. The first-order valence-electron chi connectivity index (χ1n) is 4.79. The van der Waals surface area contributed by atoms with E-state index in [1.165, 1.54) is 6.07 Å². The number of hydrogen-bond acceptors (Lipinski definition) is 1. The second kappa shape index (κ2) is 3.50. The Hall–Kier alpha value is -1.52. The lowest BCUT2D eigenvalue weighted by Gasteiger charge is -2.08. The van der Waals surface area contributed by atoms with Gasteiger partial charge in [0.2, 0.25) is 0 Å². The fourth-order valence-corrected chi connectivity index (χ4v) is 1.78. The minimum atomic E-state index is -4.37. The Balaban J connectivity index is 2.22. The maximum atomic E-state index is 12.4. The van der Waals surface area contributed by atoms with Gasteiger partial charge < -0.3 is 5.11 Å². The summed E-state index contributed by atoms with van der Waals surface area (Å²) in [4.78, 5) is 10.6. The Labute approximate surface area is 89.7 Å². The molecule has 2 rings (SSSR count). The molecule has 0 aliphatic heterocycles. The van der Waals surface area contributed by atoms with Gasteiger partial charge in [0.25, 0.3) is 0 Å². The van der Waals surface area contributed by atoms with Crippen molar-refractivity contribution in [1.29, 1.82) is 0 Å². The lowest BCUT2D eigenvalue weighted by atomic mass is 10.1. The smallest absolute Gasteiger partial charge is 0.416 e. The second-order valence-corrected chi connectivity index (χ2v) is 3.91. The first-order chi connectivity index (χ1) is 7.39. The Kier molecular flexibility index (Phi) is 2.40. The molecule has 0 unspecified atom stereocenters. The Morgan fingerprint density at radius 3 is 2.56 bits per heavy atom. The first kappa shape index (κ1) is 11.0. The van der Waals surface area contributed by atoms with Crippen molar-refractivity contribution >= 4 is 5.97 Å². The number of hydrogen-bond donors (Lipinski definition) is 1. The molecule has 5 heteroatoms. The third-order valence-corrected chi connectivity index (χ3v) is 2.75. The fraction of sp³-hybridized carbons (Fsp3) is 0.364. The van der Waals surface area contributed by atoms with Crippen LogP contribution in [0.5, 0.6) is 0 Å². The van der Waals surface area contributed by atoms with E-state index in [4.69, 9.17) is 5.11 Å². The molecule has 0 amide bonds. The molecular formula is C11H9F3O2. The molecule has 1 aliphatic rings. The van der Waals surface area contributed by atoms with Crippen molar-refractivity contribution in [3.63, 3.8) is 0 Å². The van der Waals surface area contributed by atoms with Gasteiger partial charge in [-0.1, -0.05) is 18.2 Å². The predicted molar refractivity (Wildman–Crippen MR) is 49.9 cm³/mol. The summed E-state index contributed by atoms with van der Waals surface area (Å²) < 4.78 is 37.2. The number of carboxylic acid groups (broad SMARTS) is 1. The largest absolute Gasteiger partial charge is 0.481 e. The van der Waals surface area contributed by atoms with Gasteiger partial charge in [0.15, 0.2) is 0 Å². The summed E-state index contributed by atoms with van der Waals surface area (Å²) in [5.74, 6) is -1.73. The molecule has 0 spiro atoms. The number of alkyl halides is 3. The molecule has 1 saturated carbocycles. The van der Waals surface area contributed by atoms with Crippen molar-refractivity contribution in [2.45, 2.75) is 18.5 Å². The molecule has 86 valence electrons. The van der Waals surface area contributed by atoms with E-state index >= 15 is 0 Å². The summed E-state index contributed by atoms with van der Waals surface area (Å²) >= 11 is 0. The molecule has 0 bridgehead atoms. The van der Waals surface area contributed by atoms with Gasteiger partial charge >= 0.3 is 12.1 Å². The summed E-state index contributed by atoms with van der Waals surface area (Å²) in [6, 6.07) is 4.88. The molecule has 0 radical (unpaired) electrons. The zero-order valence-electron chi connectivity index (χ0n) is 8.16. The lowest BCUT2D eigenvalue weighted by Crippen LogP contribution is -2.05. The van der Waals surface area contributed by atoms with Crippen LogP contribution in [0.2, 0.25) is 0 Å². The maximum absolute atomic E-state index is 12.4. The van der Waals surface area contributed by atoms with E-state index in [1.54, 1.807) is 6.07 Å². The fourth-order valence-electron chi connectivity index (χ4n) is 1.78. The lowest BCUT2D eigenvalue weighted by molar-refractivity contribution is -0.138. The number of aliphatic carboxylic acids is 1. The van der Waals surface area contributed by atoms with E-state index < -0.39 is 23.6 Å². The number of rotatable bonds is 2. The average molecular weight is 230 g/mol. The number of carboxylic acids is 1. The van der Waals surface area contributed by atoms with E-state index in [-0.39, 0.29) is 5.92 Å².